The van der Waals surface area contributed by atoms with Crippen LogP contribution in [0, 0.1) is 6.92 Å². The van der Waals surface area contributed by atoms with Crippen LogP contribution in [0.1, 0.15) is 34.6 Å². The molecule has 1 aliphatic rings. The van der Waals surface area contributed by atoms with Crippen LogP contribution in [0.15, 0.2) is 35.7 Å². The molecule has 0 bridgehead atoms. The average Bonchev–Trinajstić information content (AvgIpc) is 3.08. The van der Waals surface area contributed by atoms with E-state index in [0.717, 1.165) is 23.2 Å². The first-order valence-electron chi connectivity index (χ1n) is 7.65. The standard InChI is InChI=1S/C18H19NO3S/c1-11-8-9-23-16(11)18(21)22-13(3)17(20)19-12(2)10-14-6-4-5-7-15(14)19/h4-9,12-13H,10H2,1-3H3/t12-,13-/m0/s1. The molecule has 2 atom stereocenters. The molecule has 0 saturated heterocycles. The largest absolute Gasteiger partial charge is 0.448 e. The van der Waals surface area contributed by atoms with E-state index in [2.05, 4.69) is 0 Å². The van der Waals surface area contributed by atoms with Crippen molar-refractivity contribution in [3.8, 4) is 0 Å². The van der Waals surface area contributed by atoms with Crippen molar-refractivity contribution in [1.29, 1.82) is 0 Å². The van der Waals surface area contributed by atoms with Crippen LogP contribution < -0.4 is 4.90 Å². The molecule has 5 heteroatoms. The van der Waals surface area contributed by atoms with Gasteiger partial charge < -0.3 is 9.64 Å². The number of hydrogen-bond acceptors (Lipinski definition) is 4. The number of ether oxygens (including phenoxy) is 1. The fourth-order valence-corrected chi connectivity index (χ4v) is 3.75. The summed E-state index contributed by atoms with van der Waals surface area (Å²) >= 11 is 1.33. The van der Waals surface area contributed by atoms with Crippen molar-refractivity contribution in [2.24, 2.45) is 0 Å². The summed E-state index contributed by atoms with van der Waals surface area (Å²) in [6.07, 6.45) is 0.0182. The van der Waals surface area contributed by atoms with Gasteiger partial charge in [-0.3, -0.25) is 4.79 Å². The van der Waals surface area contributed by atoms with Gasteiger partial charge >= 0.3 is 5.97 Å². The van der Waals surface area contributed by atoms with Gasteiger partial charge in [0.05, 0.1) is 0 Å². The summed E-state index contributed by atoms with van der Waals surface area (Å²) in [5, 5.41) is 1.84. The number of fused-ring (bicyclic) bond motifs is 1. The van der Waals surface area contributed by atoms with Crippen molar-refractivity contribution >= 4 is 28.9 Å². The van der Waals surface area contributed by atoms with Crippen LogP contribution in [0.2, 0.25) is 0 Å². The second-order valence-corrected chi connectivity index (χ2v) is 6.79. The van der Waals surface area contributed by atoms with Crippen molar-refractivity contribution in [2.45, 2.75) is 39.3 Å². The van der Waals surface area contributed by atoms with E-state index in [1.165, 1.54) is 11.3 Å². The van der Waals surface area contributed by atoms with Crippen LogP contribution in [0.25, 0.3) is 0 Å². The molecular weight excluding hydrogens is 310 g/mol. The minimum absolute atomic E-state index is 0.0736. The molecular formula is C18H19NO3S. The number of rotatable bonds is 3. The molecule has 1 aromatic carbocycles. The topological polar surface area (TPSA) is 46.6 Å². The first kappa shape index (κ1) is 15.7. The third-order valence-electron chi connectivity index (χ3n) is 4.12. The number of para-hydroxylation sites is 1. The number of esters is 1. The molecule has 2 aromatic rings. The van der Waals surface area contributed by atoms with Gasteiger partial charge in [0, 0.05) is 11.7 Å². The Morgan fingerprint density at radius 3 is 2.74 bits per heavy atom. The van der Waals surface area contributed by atoms with Gasteiger partial charge in [-0.1, -0.05) is 18.2 Å². The number of carbonyl (C=O) groups is 2. The normalized spacial score (nSPS) is 17.7. The summed E-state index contributed by atoms with van der Waals surface area (Å²) in [6, 6.07) is 9.81. The summed E-state index contributed by atoms with van der Waals surface area (Å²) < 4.78 is 5.39. The van der Waals surface area contributed by atoms with Crippen molar-refractivity contribution < 1.29 is 14.3 Å². The second kappa shape index (κ2) is 6.16. The highest BCUT2D eigenvalue weighted by Gasteiger charge is 2.34. The molecule has 0 saturated carbocycles. The van der Waals surface area contributed by atoms with Crippen molar-refractivity contribution in [3.05, 3.63) is 51.7 Å². The highest BCUT2D eigenvalue weighted by molar-refractivity contribution is 7.12. The molecule has 23 heavy (non-hydrogen) atoms. The molecule has 0 N–H and O–H groups in total. The second-order valence-electron chi connectivity index (χ2n) is 5.87. The van der Waals surface area contributed by atoms with Crippen LogP contribution >= 0.6 is 11.3 Å². The Morgan fingerprint density at radius 2 is 2.04 bits per heavy atom. The monoisotopic (exact) mass is 329 g/mol. The van der Waals surface area contributed by atoms with Crippen LogP contribution in [0.5, 0.6) is 0 Å². The number of nitrogens with zero attached hydrogens (tertiary/aromatic N) is 1. The molecule has 0 unspecified atom stereocenters. The Balaban J connectivity index is 1.75. The van der Waals surface area contributed by atoms with Crippen LogP contribution in [-0.4, -0.2) is 24.0 Å². The maximum Gasteiger partial charge on any atom is 0.349 e. The molecule has 120 valence electrons. The number of aryl methyl sites for hydroxylation is 1. The fraction of sp³-hybridized carbons (Fsp3) is 0.333. The van der Waals surface area contributed by atoms with E-state index in [1.807, 2.05) is 49.6 Å². The van der Waals surface area contributed by atoms with Gasteiger partial charge in [-0.2, -0.15) is 0 Å². The highest BCUT2D eigenvalue weighted by Crippen LogP contribution is 2.32. The molecule has 2 heterocycles. The molecule has 0 aliphatic carbocycles. The van der Waals surface area contributed by atoms with E-state index in [4.69, 9.17) is 4.74 Å². The zero-order valence-corrected chi connectivity index (χ0v) is 14.2. The van der Waals surface area contributed by atoms with E-state index >= 15 is 0 Å². The summed E-state index contributed by atoms with van der Waals surface area (Å²) in [4.78, 5) is 27.3. The molecule has 0 radical (unpaired) electrons. The molecule has 1 aromatic heterocycles. The van der Waals surface area contributed by atoms with E-state index < -0.39 is 12.1 Å². The van der Waals surface area contributed by atoms with E-state index in [-0.39, 0.29) is 11.9 Å². The van der Waals surface area contributed by atoms with Crippen LogP contribution in [0.4, 0.5) is 5.69 Å². The average molecular weight is 329 g/mol. The van der Waals surface area contributed by atoms with Gasteiger partial charge in [-0.25, -0.2) is 4.79 Å². The Morgan fingerprint density at radius 1 is 1.30 bits per heavy atom. The highest BCUT2D eigenvalue weighted by atomic mass is 32.1. The lowest BCUT2D eigenvalue weighted by Gasteiger charge is -2.25. The first-order valence-corrected chi connectivity index (χ1v) is 8.53. The van der Waals surface area contributed by atoms with Gasteiger partial charge in [-0.05, 0) is 55.8 Å². The summed E-state index contributed by atoms with van der Waals surface area (Å²) in [7, 11) is 0. The number of anilines is 1. The Labute approximate surface area is 139 Å². The molecule has 4 nitrogen and oxygen atoms in total. The Bertz CT molecular complexity index is 752. The van der Waals surface area contributed by atoms with Crippen molar-refractivity contribution in [3.63, 3.8) is 0 Å². The van der Waals surface area contributed by atoms with Crippen molar-refractivity contribution in [2.75, 3.05) is 4.90 Å². The Kier molecular flexibility index (Phi) is 4.22. The molecule has 1 aliphatic heterocycles. The van der Waals surface area contributed by atoms with Crippen LogP contribution in [-0.2, 0) is 16.0 Å². The smallest absolute Gasteiger partial charge is 0.349 e. The number of carbonyl (C=O) groups excluding carboxylic acids is 2. The Hall–Kier alpha value is -2.14. The molecule has 0 fully saturated rings. The van der Waals surface area contributed by atoms with Gasteiger partial charge in [0.1, 0.15) is 4.88 Å². The molecule has 3 rings (SSSR count). The van der Waals surface area contributed by atoms with Gasteiger partial charge in [0.2, 0.25) is 0 Å². The zero-order valence-electron chi connectivity index (χ0n) is 13.4. The van der Waals surface area contributed by atoms with E-state index in [1.54, 1.807) is 11.8 Å². The van der Waals surface area contributed by atoms with Gasteiger partial charge in [0.25, 0.3) is 5.91 Å². The maximum absolute atomic E-state index is 12.8. The molecule has 1 amide bonds. The van der Waals surface area contributed by atoms with E-state index in [9.17, 15) is 9.59 Å². The SMILES string of the molecule is Cc1ccsc1C(=O)O[C@@H](C)C(=O)N1c2ccccc2C[C@@H]1C. The summed E-state index contributed by atoms with van der Waals surface area (Å²) in [5.74, 6) is -0.608. The van der Waals surface area contributed by atoms with Gasteiger partial charge in [-0.15, -0.1) is 11.3 Å². The fourth-order valence-electron chi connectivity index (χ4n) is 2.94. The van der Waals surface area contributed by atoms with Crippen molar-refractivity contribution in [1.82, 2.24) is 0 Å². The lowest BCUT2D eigenvalue weighted by atomic mass is 10.1. The van der Waals surface area contributed by atoms with Crippen LogP contribution in [0.3, 0.4) is 0 Å². The molecule has 0 spiro atoms. The summed E-state index contributed by atoms with van der Waals surface area (Å²) in [5.41, 5.74) is 2.95. The third-order valence-corrected chi connectivity index (χ3v) is 5.12. The summed E-state index contributed by atoms with van der Waals surface area (Å²) in [6.45, 7) is 5.51. The van der Waals surface area contributed by atoms with E-state index in [0.29, 0.717) is 4.88 Å². The quantitative estimate of drug-likeness (QED) is 0.809. The zero-order chi connectivity index (χ0) is 16.6. The lowest BCUT2D eigenvalue weighted by molar-refractivity contribution is -0.126. The number of amides is 1. The first-order chi connectivity index (χ1) is 11.0. The maximum atomic E-state index is 12.8. The third kappa shape index (κ3) is 2.88. The number of thiophene rings is 1. The minimum Gasteiger partial charge on any atom is -0.448 e. The predicted octanol–water partition coefficient (Wildman–Crippen LogP) is 3.58. The predicted molar refractivity (Wildman–Crippen MR) is 91.0 cm³/mol. The lowest BCUT2D eigenvalue weighted by Crippen LogP contribution is -2.43. The minimum atomic E-state index is -0.808. The van der Waals surface area contributed by atoms with Gasteiger partial charge in [0.15, 0.2) is 6.10 Å². The number of hydrogen-bond donors (Lipinski definition) is 0. The number of benzene rings is 1.